The van der Waals surface area contributed by atoms with E-state index in [-0.39, 0.29) is 11.8 Å². The predicted octanol–water partition coefficient (Wildman–Crippen LogP) is 3.81. The highest BCUT2D eigenvalue weighted by Gasteiger charge is 2.21. The first-order valence-corrected chi connectivity index (χ1v) is 7.59. The minimum absolute atomic E-state index is 0.0945. The van der Waals surface area contributed by atoms with Crippen molar-refractivity contribution in [1.29, 1.82) is 0 Å². The van der Waals surface area contributed by atoms with Crippen molar-refractivity contribution in [1.82, 2.24) is 9.88 Å². The summed E-state index contributed by atoms with van der Waals surface area (Å²) in [6, 6.07) is 9.26. The first kappa shape index (κ1) is 15.2. The van der Waals surface area contributed by atoms with Crippen molar-refractivity contribution in [2.45, 2.75) is 26.4 Å². The summed E-state index contributed by atoms with van der Waals surface area (Å²) in [5, 5.41) is 0. The second kappa shape index (κ2) is 6.48. The number of aromatic nitrogens is 1. The highest BCUT2D eigenvalue weighted by molar-refractivity contribution is 7.18. The lowest BCUT2D eigenvalue weighted by molar-refractivity contribution is 0.0865. The summed E-state index contributed by atoms with van der Waals surface area (Å²) in [6.45, 7) is 4.52. The van der Waals surface area contributed by atoms with Crippen LogP contribution in [0.1, 0.15) is 28.0 Å². The van der Waals surface area contributed by atoms with Gasteiger partial charge in [0.2, 0.25) is 0 Å². The molecule has 1 atom stereocenters. The van der Waals surface area contributed by atoms with Gasteiger partial charge in [-0.15, -0.1) is 11.3 Å². The third-order valence-electron chi connectivity index (χ3n) is 3.21. The third-order valence-corrected chi connectivity index (χ3v) is 4.46. The third kappa shape index (κ3) is 3.66. The Morgan fingerprint density at radius 3 is 2.75 bits per heavy atom. The number of hydrogen-bond donors (Lipinski definition) is 0. The maximum absolute atomic E-state index is 12.3. The van der Waals surface area contributed by atoms with Gasteiger partial charge in [-0.05, 0) is 45.2 Å². The molecule has 5 heteroatoms. The van der Waals surface area contributed by atoms with E-state index in [1.54, 1.807) is 12.1 Å². The molecule has 1 unspecified atom stereocenters. The van der Waals surface area contributed by atoms with E-state index in [0.717, 1.165) is 11.4 Å². The molecule has 0 fully saturated rings. The molecule has 2 aromatic rings. The Morgan fingerprint density at radius 1 is 1.40 bits per heavy atom. The first-order valence-electron chi connectivity index (χ1n) is 6.39. The monoisotopic (exact) mass is 308 g/mol. The molecule has 106 valence electrons. The van der Waals surface area contributed by atoms with Gasteiger partial charge in [-0.2, -0.15) is 0 Å². The van der Waals surface area contributed by atoms with E-state index in [4.69, 9.17) is 11.6 Å². The summed E-state index contributed by atoms with van der Waals surface area (Å²) >= 11 is 7.20. The molecule has 2 rings (SSSR count). The second-order valence-electron chi connectivity index (χ2n) is 4.83. The van der Waals surface area contributed by atoms with Gasteiger partial charge in [0, 0.05) is 12.2 Å². The molecule has 2 aromatic heterocycles. The molecule has 20 heavy (non-hydrogen) atoms. The Labute approximate surface area is 128 Å². The van der Waals surface area contributed by atoms with Crippen molar-refractivity contribution in [3.05, 3.63) is 50.9 Å². The van der Waals surface area contributed by atoms with Gasteiger partial charge in [0.15, 0.2) is 5.78 Å². The number of halogens is 1. The Kier molecular flexibility index (Phi) is 4.91. The van der Waals surface area contributed by atoms with Crippen LogP contribution in [0, 0.1) is 6.92 Å². The maximum Gasteiger partial charge on any atom is 0.189 e. The number of rotatable bonds is 5. The SMILES string of the molecule is Cc1cccc(CN(C)C(C)C(=O)c2ccc(Cl)s2)n1. The predicted molar refractivity (Wildman–Crippen MR) is 83.6 cm³/mol. The number of carbonyl (C=O) groups is 1. The van der Waals surface area contributed by atoms with E-state index in [1.165, 1.54) is 11.3 Å². The molecule has 0 bridgehead atoms. The smallest absolute Gasteiger partial charge is 0.189 e. The van der Waals surface area contributed by atoms with E-state index < -0.39 is 0 Å². The molecule has 0 aliphatic rings. The van der Waals surface area contributed by atoms with Crippen LogP contribution in [0.5, 0.6) is 0 Å². The molecule has 0 aromatic carbocycles. The minimum atomic E-state index is -0.202. The molecule has 2 heterocycles. The number of nitrogens with zero attached hydrogens (tertiary/aromatic N) is 2. The van der Waals surface area contributed by atoms with Crippen LogP contribution in [0.4, 0.5) is 0 Å². The zero-order valence-corrected chi connectivity index (χ0v) is 13.3. The lowest BCUT2D eigenvalue weighted by Gasteiger charge is -2.22. The standard InChI is InChI=1S/C15H17ClN2OS/c1-10-5-4-6-12(17-10)9-18(3)11(2)15(19)13-7-8-14(16)20-13/h4-8,11H,9H2,1-3H3. The van der Waals surface area contributed by atoms with E-state index in [2.05, 4.69) is 4.98 Å². The number of thiophene rings is 1. The van der Waals surface area contributed by atoms with Crippen molar-refractivity contribution >= 4 is 28.7 Å². The van der Waals surface area contributed by atoms with Crippen molar-refractivity contribution in [2.75, 3.05) is 7.05 Å². The fraction of sp³-hybridized carbons (Fsp3) is 0.333. The molecule has 0 amide bonds. The highest BCUT2D eigenvalue weighted by atomic mass is 35.5. The van der Waals surface area contributed by atoms with E-state index in [0.29, 0.717) is 15.8 Å². The molecule has 0 saturated carbocycles. The van der Waals surface area contributed by atoms with Crippen molar-refractivity contribution < 1.29 is 4.79 Å². The van der Waals surface area contributed by atoms with Crippen LogP contribution in [0.15, 0.2) is 30.3 Å². The molecule has 0 radical (unpaired) electrons. The fourth-order valence-corrected chi connectivity index (χ4v) is 3.00. The normalized spacial score (nSPS) is 12.7. The van der Waals surface area contributed by atoms with Crippen LogP contribution in [0.3, 0.4) is 0 Å². The van der Waals surface area contributed by atoms with E-state index in [9.17, 15) is 4.79 Å². The van der Waals surface area contributed by atoms with Crippen LogP contribution in [-0.4, -0.2) is 28.8 Å². The van der Waals surface area contributed by atoms with Crippen LogP contribution in [0.2, 0.25) is 4.34 Å². The number of carbonyl (C=O) groups excluding carboxylic acids is 1. The van der Waals surface area contributed by atoms with Gasteiger partial charge in [0.25, 0.3) is 0 Å². The lowest BCUT2D eigenvalue weighted by atomic mass is 10.1. The topological polar surface area (TPSA) is 33.2 Å². The molecule has 0 aliphatic heterocycles. The van der Waals surface area contributed by atoms with Gasteiger partial charge >= 0.3 is 0 Å². The van der Waals surface area contributed by atoms with Gasteiger partial charge in [0.1, 0.15) is 0 Å². The van der Waals surface area contributed by atoms with E-state index >= 15 is 0 Å². The highest BCUT2D eigenvalue weighted by Crippen LogP contribution is 2.23. The average molecular weight is 309 g/mol. The van der Waals surface area contributed by atoms with Gasteiger partial charge in [-0.1, -0.05) is 17.7 Å². The molecule has 0 N–H and O–H groups in total. The molecule has 0 saturated heterocycles. The Balaban J connectivity index is 2.05. The minimum Gasteiger partial charge on any atom is -0.291 e. The molecule has 0 aliphatic carbocycles. The Morgan fingerprint density at radius 2 is 2.15 bits per heavy atom. The number of ketones is 1. The zero-order chi connectivity index (χ0) is 14.7. The van der Waals surface area contributed by atoms with Gasteiger partial charge in [-0.25, -0.2) is 0 Å². The molecular weight excluding hydrogens is 292 g/mol. The van der Waals surface area contributed by atoms with Crippen LogP contribution < -0.4 is 0 Å². The quantitative estimate of drug-likeness (QED) is 0.788. The fourth-order valence-electron chi connectivity index (χ4n) is 1.93. The van der Waals surface area contributed by atoms with Crippen LogP contribution >= 0.6 is 22.9 Å². The van der Waals surface area contributed by atoms with Gasteiger partial charge in [-0.3, -0.25) is 14.7 Å². The number of aryl methyl sites for hydroxylation is 1. The Hall–Kier alpha value is -1.23. The molecule has 0 spiro atoms. The molecule has 3 nitrogen and oxygen atoms in total. The summed E-state index contributed by atoms with van der Waals surface area (Å²) in [5.74, 6) is 0.0945. The summed E-state index contributed by atoms with van der Waals surface area (Å²) in [7, 11) is 1.93. The largest absolute Gasteiger partial charge is 0.291 e. The number of pyridine rings is 1. The van der Waals surface area contributed by atoms with Crippen LogP contribution in [0.25, 0.3) is 0 Å². The number of likely N-dealkylation sites (N-methyl/N-ethyl adjacent to an activating group) is 1. The number of Topliss-reactive ketones (excluding diaryl/α,β-unsaturated/α-hetero) is 1. The summed E-state index contributed by atoms with van der Waals surface area (Å²) < 4.78 is 0.642. The zero-order valence-electron chi connectivity index (χ0n) is 11.8. The van der Waals surface area contributed by atoms with Crippen molar-refractivity contribution in [2.24, 2.45) is 0 Å². The van der Waals surface area contributed by atoms with E-state index in [1.807, 2.05) is 44.0 Å². The van der Waals surface area contributed by atoms with Gasteiger partial charge in [0.05, 0.1) is 20.9 Å². The average Bonchev–Trinajstić information content (AvgIpc) is 2.83. The Bertz CT molecular complexity index is 611. The van der Waals surface area contributed by atoms with Crippen LogP contribution in [-0.2, 0) is 6.54 Å². The summed E-state index contributed by atoms with van der Waals surface area (Å²) in [4.78, 5) is 19.5. The molecular formula is C15H17ClN2OS. The van der Waals surface area contributed by atoms with Gasteiger partial charge < -0.3 is 0 Å². The maximum atomic E-state index is 12.3. The van der Waals surface area contributed by atoms with Crippen molar-refractivity contribution in [3.63, 3.8) is 0 Å². The summed E-state index contributed by atoms with van der Waals surface area (Å²) in [6.07, 6.45) is 0. The second-order valence-corrected chi connectivity index (χ2v) is 6.54. The first-order chi connectivity index (χ1) is 9.47. The lowest BCUT2D eigenvalue weighted by Crippen LogP contribution is -2.35. The van der Waals surface area contributed by atoms with Crippen molar-refractivity contribution in [3.8, 4) is 0 Å². The number of hydrogen-bond acceptors (Lipinski definition) is 4. The summed E-state index contributed by atoms with van der Waals surface area (Å²) in [5.41, 5.74) is 1.95.